The molecule has 1 amide bonds. The standard InChI is InChI=1S/C15H17NO3/c1-15(2,3)16(14(18)19)13-6-4-5-10-9-11(17)7-8-12(10)13/h4-9,17H,1-3H3,(H,18,19). The number of benzene rings is 2. The highest BCUT2D eigenvalue weighted by molar-refractivity contribution is 6.02. The van der Waals surface area contributed by atoms with Crippen LogP contribution in [0.1, 0.15) is 20.8 Å². The second-order valence-electron chi connectivity index (χ2n) is 5.47. The van der Waals surface area contributed by atoms with Crippen molar-refractivity contribution < 1.29 is 15.0 Å². The number of nitrogens with zero attached hydrogens (tertiary/aromatic N) is 1. The van der Waals surface area contributed by atoms with Crippen LogP contribution >= 0.6 is 0 Å². The maximum atomic E-state index is 11.5. The monoisotopic (exact) mass is 259 g/mol. The number of fused-ring (bicyclic) bond motifs is 1. The number of anilines is 1. The van der Waals surface area contributed by atoms with Gasteiger partial charge >= 0.3 is 6.09 Å². The Morgan fingerprint density at radius 3 is 2.42 bits per heavy atom. The molecule has 100 valence electrons. The van der Waals surface area contributed by atoms with Crippen LogP contribution in [0.25, 0.3) is 10.8 Å². The highest BCUT2D eigenvalue weighted by atomic mass is 16.4. The second-order valence-corrected chi connectivity index (χ2v) is 5.47. The molecule has 0 radical (unpaired) electrons. The number of amides is 1. The van der Waals surface area contributed by atoms with Crippen LogP contribution in [0, 0.1) is 0 Å². The van der Waals surface area contributed by atoms with Crippen LogP contribution in [-0.2, 0) is 0 Å². The van der Waals surface area contributed by atoms with Crippen LogP contribution in [0.15, 0.2) is 36.4 Å². The van der Waals surface area contributed by atoms with E-state index < -0.39 is 11.6 Å². The first kappa shape index (κ1) is 13.2. The Balaban J connectivity index is 2.70. The summed E-state index contributed by atoms with van der Waals surface area (Å²) in [6.07, 6.45) is -0.993. The molecule has 0 atom stereocenters. The Labute approximate surface area is 111 Å². The summed E-state index contributed by atoms with van der Waals surface area (Å²) in [6.45, 7) is 5.54. The molecule has 2 N–H and O–H groups in total. The molecule has 0 saturated heterocycles. The number of phenols is 1. The summed E-state index contributed by atoms with van der Waals surface area (Å²) in [5.41, 5.74) is 0.0790. The largest absolute Gasteiger partial charge is 0.508 e. The Bertz CT molecular complexity index is 629. The van der Waals surface area contributed by atoms with Gasteiger partial charge in [0, 0.05) is 10.9 Å². The molecular weight excluding hydrogens is 242 g/mol. The van der Waals surface area contributed by atoms with Crippen LogP contribution in [0.3, 0.4) is 0 Å². The van der Waals surface area contributed by atoms with Gasteiger partial charge < -0.3 is 10.2 Å². The van der Waals surface area contributed by atoms with E-state index in [2.05, 4.69) is 0 Å². The third-order valence-electron chi connectivity index (χ3n) is 2.94. The molecule has 0 saturated carbocycles. The lowest BCUT2D eigenvalue weighted by molar-refractivity contribution is 0.196. The summed E-state index contributed by atoms with van der Waals surface area (Å²) in [6, 6.07) is 10.3. The molecule has 19 heavy (non-hydrogen) atoms. The molecule has 0 bridgehead atoms. The fourth-order valence-electron chi connectivity index (χ4n) is 2.20. The van der Waals surface area contributed by atoms with Gasteiger partial charge in [0.2, 0.25) is 0 Å². The lowest BCUT2D eigenvalue weighted by Gasteiger charge is -2.33. The first-order chi connectivity index (χ1) is 8.80. The minimum Gasteiger partial charge on any atom is -0.508 e. The van der Waals surface area contributed by atoms with Crippen LogP contribution in [0.4, 0.5) is 10.5 Å². The first-order valence-electron chi connectivity index (χ1n) is 6.05. The number of carboxylic acid groups (broad SMARTS) is 1. The lowest BCUT2D eigenvalue weighted by Crippen LogP contribution is -2.45. The van der Waals surface area contributed by atoms with Gasteiger partial charge in [-0.15, -0.1) is 0 Å². The van der Waals surface area contributed by atoms with E-state index in [0.717, 1.165) is 10.8 Å². The van der Waals surface area contributed by atoms with Crippen molar-refractivity contribution in [3.05, 3.63) is 36.4 Å². The Morgan fingerprint density at radius 2 is 1.84 bits per heavy atom. The molecule has 0 unspecified atom stereocenters. The predicted octanol–water partition coefficient (Wildman–Crippen LogP) is 3.83. The maximum Gasteiger partial charge on any atom is 0.412 e. The van der Waals surface area contributed by atoms with Gasteiger partial charge in [-0.3, -0.25) is 4.90 Å². The molecule has 0 fully saturated rings. The predicted molar refractivity (Wildman–Crippen MR) is 75.9 cm³/mol. The van der Waals surface area contributed by atoms with Gasteiger partial charge in [0.05, 0.1) is 5.69 Å². The smallest absolute Gasteiger partial charge is 0.412 e. The molecule has 0 aliphatic rings. The Morgan fingerprint density at radius 1 is 1.16 bits per heavy atom. The van der Waals surface area contributed by atoms with Gasteiger partial charge in [0.15, 0.2) is 0 Å². The van der Waals surface area contributed by atoms with Crippen LogP contribution < -0.4 is 4.90 Å². The van der Waals surface area contributed by atoms with Crippen molar-refractivity contribution in [1.82, 2.24) is 0 Å². The number of hydrogen-bond donors (Lipinski definition) is 2. The SMILES string of the molecule is CC(C)(C)N(C(=O)O)c1cccc2cc(O)ccc12. The van der Waals surface area contributed by atoms with Gasteiger partial charge in [0.25, 0.3) is 0 Å². The topological polar surface area (TPSA) is 60.8 Å². The van der Waals surface area contributed by atoms with Crippen molar-refractivity contribution in [2.75, 3.05) is 4.90 Å². The Hall–Kier alpha value is -2.23. The average Bonchev–Trinajstić information content (AvgIpc) is 2.26. The first-order valence-corrected chi connectivity index (χ1v) is 6.05. The zero-order chi connectivity index (χ0) is 14.2. The van der Waals surface area contributed by atoms with Crippen LogP contribution in [0.2, 0.25) is 0 Å². The van der Waals surface area contributed by atoms with Crippen molar-refractivity contribution in [2.45, 2.75) is 26.3 Å². The quantitative estimate of drug-likeness (QED) is 0.818. The van der Waals surface area contributed by atoms with Crippen molar-refractivity contribution in [2.24, 2.45) is 0 Å². The molecule has 0 aromatic heterocycles. The zero-order valence-corrected chi connectivity index (χ0v) is 11.2. The molecule has 2 aromatic rings. The molecule has 0 spiro atoms. The summed E-state index contributed by atoms with van der Waals surface area (Å²) >= 11 is 0. The third-order valence-corrected chi connectivity index (χ3v) is 2.94. The molecule has 2 aromatic carbocycles. The van der Waals surface area contributed by atoms with Crippen LogP contribution in [-0.4, -0.2) is 21.8 Å². The van der Waals surface area contributed by atoms with Crippen molar-refractivity contribution in [3.8, 4) is 5.75 Å². The summed E-state index contributed by atoms with van der Waals surface area (Å²) in [4.78, 5) is 12.9. The normalized spacial score (nSPS) is 11.5. The molecular formula is C15H17NO3. The van der Waals surface area contributed by atoms with Gasteiger partial charge in [0.1, 0.15) is 5.75 Å². The van der Waals surface area contributed by atoms with Crippen molar-refractivity contribution in [1.29, 1.82) is 0 Å². The molecule has 4 heteroatoms. The molecule has 0 aliphatic carbocycles. The summed E-state index contributed by atoms with van der Waals surface area (Å²) < 4.78 is 0. The molecule has 0 aliphatic heterocycles. The zero-order valence-electron chi connectivity index (χ0n) is 11.2. The highest BCUT2D eigenvalue weighted by Crippen LogP contribution is 2.33. The Kier molecular flexibility index (Phi) is 3.10. The second kappa shape index (κ2) is 4.46. The lowest BCUT2D eigenvalue weighted by atomic mass is 10.0. The van der Waals surface area contributed by atoms with E-state index in [4.69, 9.17) is 0 Å². The fraction of sp³-hybridized carbons (Fsp3) is 0.267. The number of hydrogen-bond acceptors (Lipinski definition) is 2. The molecule has 4 nitrogen and oxygen atoms in total. The van der Waals surface area contributed by atoms with E-state index in [0.29, 0.717) is 5.69 Å². The summed E-state index contributed by atoms with van der Waals surface area (Å²) in [5, 5.41) is 20.6. The van der Waals surface area contributed by atoms with Crippen molar-refractivity contribution >= 4 is 22.6 Å². The minimum atomic E-state index is -0.993. The van der Waals surface area contributed by atoms with Crippen LogP contribution in [0.5, 0.6) is 5.75 Å². The highest BCUT2D eigenvalue weighted by Gasteiger charge is 2.28. The number of aromatic hydroxyl groups is 1. The number of carbonyl (C=O) groups is 1. The van der Waals surface area contributed by atoms with Gasteiger partial charge in [-0.1, -0.05) is 12.1 Å². The molecule has 0 heterocycles. The van der Waals surface area contributed by atoms with E-state index >= 15 is 0 Å². The van der Waals surface area contributed by atoms with Crippen molar-refractivity contribution in [3.63, 3.8) is 0 Å². The van der Waals surface area contributed by atoms with E-state index in [1.807, 2.05) is 26.8 Å². The van der Waals surface area contributed by atoms with E-state index in [-0.39, 0.29) is 5.75 Å². The third kappa shape index (κ3) is 2.47. The summed E-state index contributed by atoms with van der Waals surface area (Å²) in [7, 11) is 0. The molecule has 2 rings (SSSR count). The summed E-state index contributed by atoms with van der Waals surface area (Å²) in [5.74, 6) is 0.169. The minimum absolute atomic E-state index is 0.169. The maximum absolute atomic E-state index is 11.5. The number of phenolic OH excluding ortho intramolecular Hbond substituents is 1. The fourth-order valence-corrected chi connectivity index (χ4v) is 2.20. The number of rotatable bonds is 1. The van der Waals surface area contributed by atoms with E-state index in [1.165, 1.54) is 4.90 Å². The van der Waals surface area contributed by atoms with E-state index in [1.54, 1.807) is 30.3 Å². The average molecular weight is 259 g/mol. The van der Waals surface area contributed by atoms with Gasteiger partial charge in [-0.25, -0.2) is 4.79 Å². The van der Waals surface area contributed by atoms with Gasteiger partial charge in [-0.05, 0) is 50.4 Å². The van der Waals surface area contributed by atoms with E-state index in [9.17, 15) is 15.0 Å². The van der Waals surface area contributed by atoms with Gasteiger partial charge in [-0.2, -0.15) is 0 Å².